The molecule has 0 heterocycles. The predicted octanol–water partition coefficient (Wildman–Crippen LogP) is -0.279. The standard InChI is InChI=1S/C6H15N3OS/c1-5(9-6(7)8)2-3-11-4-10/h5,10H,2-4H2,1H3,(H4,7,8,9). The monoisotopic (exact) mass is 177 g/mol. The molecular weight excluding hydrogens is 162 g/mol. The summed E-state index contributed by atoms with van der Waals surface area (Å²) in [7, 11) is 0. The number of thioether (sulfide) groups is 1. The van der Waals surface area contributed by atoms with Crippen LogP contribution < -0.4 is 11.5 Å². The van der Waals surface area contributed by atoms with Crippen LogP contribution >= 0.6 is 11.8 Å². The second-order valence-corrected chi connectivity index (χ2v) is 3.30. The van der Waals surface area contributed by atoms with Crippen LogP contribution in [0.1, 0.15) is 13.3 Å². The summed E-state index contributed by atoms with van der Waals surface area (Å²) < 4.78 is 0. The minimum absolute atomic E-state index is 0.131. The van der Waals surface area contributed by atoms with Gasteiger partial charge in [-0.2, -0.15) is 0 Å². The summed E-state index contributed by atoms with van der Waals surface area (Å²) in [6.45, 7) is 1.94. The van der Waals surface area contributed by atoms with E-state index < -0.39 is 0 Å². The molecule has 5 N–H and O–H groups in total. The van der Waals surface area contributed by atoms with E-state index in [9.17, 15) is 0 Å². The van der Waals surface area contributed by atoms with E-state index in [-0.39, 0.29) is 17.9 Å². The van der Waals surface area contributed by atoms with Crippen molar-refractivity contribution < 1.29 is 5.11 Å². The Labute approximate surface area is 71.1 Å². The lowest BCUT2D eigenvalue weighted by Crippen LogP contribution is -2.24. The van der Waals surface area contributed by atoms with Gasteiger partial charge in [-0.05, 0) is 19.1 Å². The Morgan fingerprint density at radius 2 is 2.27 bits per heavy atom. The maximum atomic E-state index is 8.44. The van der Waals surface area contributed by atoms with E-state index in [0.29, 0.717) is 0 Å². The van der Waals surface area contributed by atoms with Crippen LogP contribution in [0.25, 0.3) is 0 Å². The van der Waals surface area contributed by atoms with Crippen molar-refractivity contribution in [3.63, 3.8) is 0 Å². The number of guanidine groups is 1. The normalized spacial score (nSPS) is 12.5. The van der Waals surface area contributed by atoms with Gasteiger partial charge in [0.05, 0.1) is 12.0 Å². The Morgan fingerprint density at radius 1 is 1.64 bits per heavy atom. The number of aliphatic hydroxyl groups is 1. The molecule has 1 unspecified atom stereocenters. The first-order valence-electron chi connectivity index (χ1n) is 3.44. The molecule has 0 saturated carbocycles. The molecule has 0 saturated heterocycles. The molecule has 5 heteroatoms. The Morgan fingerprint density at radius 3 is 2.73 bits per heavy atom. The quantitative estimate of drug-likeness (QED) is 0.233. The number of hydrogen-bond acceptors (Lipinski definition) is 3. The van der Waals surface area contributed by atoms with Crippen molar-refractivity contribution in [2.75, 3.05) is 11.7 Å². The maximum absolute atomic E-state index is 8.44. The van der Waals surface area contributed by atoms with Crippen molar-refractivity contribution in [2.24, 2.45) is 16.5 Å². The topological polar surface area (TPSA) is 84.6 Å². The molecular formula is C6H15N3OS. The first-order valence-corrected chi connectivity index (χ1v) is 4.59. The van der Waals surface area contributed by atoms with Crippen LogP contribution in [-0.4, -0.2) is 28.8 Å². The SMILES string of the molecule is CC(CCSCO)N=C(N)N. The molecule has 0 aromatic rings. The van der Waals surface area contributed by atoms with Gasteiger partial charge in [-0.15, -0.1) is 11.8 Å². The van der Waals surface area contributed by atoms with Gasteiger partial charge in [-0.3, -0.25) is 4.99 Å². The fourth-order valence-corrected chi connectivity index (χ4v) is 1.27. The Kier molecular flexibility index (Phi) is 6.06. The lowest BCUT2D eigenvalue weighted by Gasteiger charge is -2.04. The van der Waals surface area contributed by atoms with Crippen molar-refractivity contribution in [2.45, 2.75) is 19.4 Å². The highest BCUT2D eigenvalue weighted by atomic mass is 32.2. The van der Waals surface area contributed by atoms with Gasteiger partial charge in [-0.25, -0.2) is 0 Å². The summed E-state index contributed by atoms with van der Waals surface area (Å²) in [6, 6.07) is 0.152. The molecule has 66 valence electrons. The molecule has 0 aliphatic heterocycles. The zero-order chi connectivity index (χ0) is 8.69. The van der Waals surface area contributed by atoms with E-state index in [4.69, 9.17) is 16.6 Å². The minimum atomic E-state index is 0.131. The zero-order valence-corrected chi connectivity index (χ0v) is 7.47. The highest BCUT2D eigenvalue weighted by Crippen LogP contribution is 2.04. The van der Waals surface area contributed by atoms with E-state index >= 15 is 0 Å². The van der Waals surface area contributed by atoms with Gasteiger partial charge >= 0.3 is 0 Å². The van der Waals surface area contributed by atoms with Crippen molar-refractivity contribution in [1.29, 1.82) is 0 Å². The third kappa shape index (κ3) is 7.48. The van der Waals surface area contributed by atoms with Crippen molar-refractivity contribution in [1.82, 2.24) is 0 Å². The summed E-state index contributed by atoms with van der Waals surface area (Å²) >= 11 is 1.47. The van der Waals surface area contributed by atoms with Crippen LogP contribution in [-0.2, 0) is 0 Å². The lowest BCUT2D eigenvalue weighted by molar-refractivity contribution is 0.375. The molecule has 11 heavy (non-hydrogen) atoms. The third-order valence-corrected chi connectivity index (χ3v) is 1.85. The second kappa shape index (κ2) is 6.30. The van der Waals surface area contributed by atoms with Crippen LogP contribution in [0.2, 0.25) is 0 Å². The highest BCUT2D eigenvalue weighted by molar-refractivity contribution is 7.99. The molecule has 0 spiro atoms. The second-order valence-electron chi connectivity index (χ2n) is 2.23. The molecule has 0 bridgehead atoms. The molecule has 0 fully saturated rings. The van der Waals surface area contributed by atoms with E-state index in [1.54, 1.807) is 0 Å². The Bertz CT molecular complexity index is 125. The van der Waals surface area contributed by atoms with E-state index in [0.717, 1.165) is 12.2 Å². The number of nitrogens with two attached hydrogens (primary N) is 2. The van der Waals surface area contributed by atoms with Crippen LogP contribution in [0.15, 0.2) is 4.99 Å². The molecule has 0 aromatic heterocycles. The maximum Gasteiger partial charge on any atom is 0.186 e. The number of rotatable bonds is 5. The van der Waals surface area contributed by atoms with E-state index in [1.807, 2.05) is 6.92 Å². The summed E-state index contributed by atoms with van der Waals surface area (Å²) in [5, 5.41) is 8.44. The number of aliphatic imine (C=N–C) groups is 1. The van der Waals surface area contributed by atoms with E-state index in [1.165, 1.54) is 11.8 Å². The van der Waals surface area contributed by atoms with Gasteiger partial charge in [0, 0.05) is 0 Å². The van der Waals surface area contributed by atoms with Gasteiger partial charge in [0.15, 0.2) is 5.96 Å². The number of hydrogen-bond donors (Lipinski definition) is 3. The molecule has 1 atom stereocenters. The fourth-order valence-electron chi connectivity index (χ4n) is 0.637. The molecule has 4 nitrogen and oxygen atoms in total. The smallest absolute Gasteiger partial charge is 0.186 e. The summed E-state index contributed by atoms with van der Waals surface area (Å²) in [4.78, 5) is 3.93. The number of aliphatic hydroxyl groups excluding tert-OH is 1. The van der Waals surface area contributed by atoms with Crippen molar-refractivity contribution in [3.05, 3.63) is 0 Å². The number of nitrogens with zero attached hydrogens (tertiary/aromatic N) is 1. The molecule has 0 amide bonds. The average Bonchev–Trinajstić information content (AvgIpc) is 1.86. The van der Waals surface area contributed by atoms with Gasteiger partial charge < -0.3 is 16.6 Å². The first-order chi connectivity index (χ1) is 5.16. The van der Waals surface area contributed by atoms with Crippen LogP contribution in [0.3, 0.4) is 0 Å². The Balaban J connectivity index is 3.37. The van der Waals surface area contributed by atoms with Crippen LogP contribution in [0.5, 0.6) is 0 Å². The van der Waals surface area contributed by atoms with E-state index in [2.05, 4.69) is 4.99 Å². The van der Waals surface area contributed by atoms with Gasteiger partial charge in [0.25, 0.3) is 0 Å². The predicted molar refractivity (Wildman–Crippen MR) is 49.4 cm³/mol. The summed E-state index contributed by atoms with van der Waals surface area (Å²) in [5.74, 6) is 1.18. The third-order valence-electron chi connectivity index (χ3n) is 1.14. The fraction of sp³-hybridized carbons (Fsp3) is 0.833. The van der Waals surface area contributed by atoms with Gasteiger partial charge in [-0.1, -0.05) is 0 Å². The van der Waals surface area contributed by atoms with Gasteiger partial charge in [0.1, 0.15) is 0 Å². The van der Waals surface area contributed by atoms with Crippen LogP contribution in [0.4, 0.5) is 0 Å². The highest BCUT2D eigenvalue weighted by Gasteiger charge is 1.98. The molecule has 0 radical (unpaired) electrons. The van der Waals surface area contributed by atoms with Crippen LogP contribution in [0, 0.1) is 0 Å². The van der Waals surface area contributed by atoms with Crippen molar-refractivity contribution in [3.8, 4) is 0 Å². The molecule has 0 aromatic carbocycles. The van der Waals surface area contributed by atoms with Gasteiger partial charge in [0.2, 0.25) is 0 Å². The molecule has 0 rings (SSSR count). The lowest BCUT2D eigenvalue weighted by atomic mass is 10.3. The average molecular weight is 177 g/mol. The molecule has 0 aliphatic carbocycles. The summed E-state index contributed by atoms with van der Waals surface area (Å²) in [5.41, 5.74) is 10.3. The minimum Gasteiger partial charge on any atom is -0.386 e. The molecule has 0 aliphatic rings. The zero-order valence-electron chi connectivity index (χ0n) is 6.66. The summed E-state index contributed by atoms with van der Waals surface area (Å²) in [6.07, 6.45) is 0.892. The first kappa shape index (κ1) is 10.6. The largest absolute Gasteiger partial charge is 0.386 e. The van der Waals surface area contributed by atoms with Crippen molar-refractivity contribution >= 4 is 17.7 Å². The Hall–Kier alpha value is -0.420.